The third kappa shape index (κ3) is 6.28. The van der Waals surface area contributed by atoms with Gasteiger partial charge in [0.15, 0.2) is 0 Å². The monoisotopic (exact) mass is 318 g/mol. The molecule has 1 unspecified atom stereocenters. The van der Waals surface area contributed by atoms with Gasteiger partial charge in [-0.15, -0.1) is 0 Å². The maximum atomic E-state index is 11.9. The minimum atomic E-state index is -0.217. The fourth-order valence-corrected chi connectivity index (χ4v) is 2.56. The van der Waals surface area contributed by atoms with Crippen LogP contribution in [-0.4, -0.2) is 30.6 Å². The molecule has 23 heavy (non-hydrogen) atoms. The lowest BCUT2D eigenvalue weighted by atomic mass is 10.1. The molecular weight excluding hydrogens is 292 g/mol. The van der Waals surface area contributed by atoms with Crippen LogP contribution >= 0.6 is 0 Å². The number of carbonyl (C=O) groups is 2. The van der Waals surface area contributed by atoms with Gasteiger partial charge in [0.25, 0.3) is 0 Å². The summed E-state index contributed by atoms with van der Waals surface area (Å²) in [5.41, 5.74) is 1.74. The lowest BCUT2D eigenvalue weighted by molar-refractivity contribution is -0.121. The molecule has 126 valence electrons. The van der Waals surface area contributed by atoms with Gasteiger partial charge in [-0.3, -0.25) is 4.79 Å². The molecule has 1 fully saturated rings. The zero-order valence-electron chi connectivity index (χ0n) is 13.8. The molecule has 2 rings (SSSR count). The summed E-state index contributed by atoms with van der Waals surface area (Å²) in [7, 11) is 0. The molecule has 6 nitrogen and oxygen atoms in total. The Balaban J connectivity index is 1.73. The van der Waals surface area contributed by atoms with E-state index in [-0.39, 0.29) is 18.0 Å². The fourth-order valence-electron chi connectivity index (χ4n) is 2.56. The fraction of sp³-hybridized carbons (Fsp3) is 0.529. The quantitative estimate of drug-likeness (QED) is 0.647. The number of urea groups is 1. The zero-order valence-corrected chi connectivity index (χ0v) is 13.8. The summed E-state index contributed by atoms with van der Waals surface area (Å²) < 4.78 is 0. The van der Waals surface area contributed by atoms with Crippen molar-refractivity contribution in [1.29, 1.82) is 0 Å². The first kappa shape index (κ1) is 17.3. The number of amides is 3. The summed E-state index contributed by atoms with van der Waals surface area (Å²) in [4.78, 5) is 23.5. The van der Waals surface area contributed by atoms with Gasteiger partial charge in [0.2, 0.25) is 5.91 Å². The summed E-state index contributed by atoms with van der Waals surface area (Å²) in [5.74, 6) is 0.0721. The van der Waals surface area contributed by atoms with E-state index in [2.05, 4.69) is 21.3 Å². The Labute approximate surface area is 137 Å². The van der Waals surface area contributed by atoms with E-state index in [1.807, 2.05) is 38.1 Å². The second-order valence-corrected chi connectivity index (χ2v) is 6.22. The first-order valence-corrected chi connectivity index (χ1v) is 8.19. The van der Waals surface area contributed by atoms with Crippen LogP contribution in [0.2, 0.25) is 0 Å². The highest BCUT2D eigenvalue weighted by Gasteiger charge is 2.17. The number of carbonyl (C=O) groups excluding carboxylic acids is 2. The largest absolute Gasteiger partial charge is 0.352 e. The van der Waals surface area contributed by atoms with Crippen LogP contribution < -0.4 is 21.3 Å². The van der Waals surface area contributed by atoms with Crippen molar-refractivity contribution < 1.29 is 9.59 Å². The van der Waals surface area contributed by atoms with Crippen LogP contribution in [0.1, 0.15) is 38.7 Å². The Bertz CT molecular complexity index is 522. The van der Waals surface area contributed by atoms with Crippen LogP contribution in [0.25, 0.3) is 0 Å². The Hall–Kier alpha value is -2.08. The van der Waals surface area contributed by atoms with E-state index in [4.69, 9.17) is 0 Å². The van der Waals surface area contributed by atoms with Gasteiger partial charge in [-0.25, -0.2) is 4.79 Å². The smallest absolute Gasteiger partial charge is 0.319 e. The molecule has 1 aromatic rings. The Kier molecular flexibility index (Phi) is 6.40. The molecule has 1 aliphatic heterocycles. The first-order valence-electron chi connectivity index (χ1n) is 8.19. The van der Waals surface area contributed by atoms with Crippen molar-refractivity contribution in [1.82, 2.24) is 16.0 Å². The maximum absolute atomic E-state index is 11.9. The number of hydrogen-bond donors (Lipinski definition) is 4. The Morgan fingerprint density at radius 3 is 2.61 bits per heavy atom. The molecule has 0 saturated carbocycles. The van der Waals surface area contributed by atoms with Gasteiger partial charge in [0, 0.05) is 30.7 Å². The minimum absolute atomic E-state index is 0.0721. The molecular formula is C17H26N4O2. The zero-order chi connectivity index (χ0) is 16.7. The normalized spacial score (nSPS) is 17.1. The number of hydrogen-bond acceptors (Lipinski definition) is 3. The van der Waals surface area contributed by atoms with Crippen LogP contribution in [0.3, 0.4) is 0 Å². The van der Waals surface area contributed by atoms with Crippen molar-refractivity contribution in [3.05, 3.63) is 29.8 Å². The molecule has 0 aliphatic carbocycles. The second-order valence-electron chi connectivity index (χ2n) is 6.22. The van der Waals surface area contributed by atoms with E-state index >= 15 is 0 Å². The van der Waals surface area contributed by atoms with Gasteiger partial charge < -0.3 is 21.3 Å². The van der Waals surface area contributed by atoms with Gasteiger partial charge in [0.1, 0.15) is 0 Å². The van der Waals surface area contributed by atoms with Gasteiger partial charge >= 0.3 is 6.03 Å². The van der Waals surface area contributed by atoms with Crippen LogP contribution in [0, 0.1) is 0 Å². The van der Waals surface area contributed by atoms with Crippen molar-refractivity contribution in [2.75, 3.05) is 11.9 Å². The average molecular weight is 318 g/mol. The van der Waals surface area contributed by atoms with Crippen LogP contribution in [-0.2, 0) is 11.3 Å². The lowest BCUT2D eigenvalue weighted by Gasteiger charge is -2.12. The topological polar surface area (TPSA) is 82.3 Å². The summed E-state index contributed by atoms with van der Waals surface area (Å²) in [6.07, 6.45) is 2.76. The molecule has 0 spiro atoms. The maximum Gasteiger partial charge on any atom is 0.319 e. The third-order valence-corrected chi connectivity index (χ3v) is 3.72. The first-order chi connectivity index (χ1) is 11.0. The summed E-state index contributed by atoms with van der Waals surface area (Å²) in [5, 5.41) is 11.8. The highest BCUT2D eigenvalue weighted by atomic mass is 16.2. The van der Waals surface area contributed by atoms with Gasteiger partial charge in [-0.05, 0) is 50.9 Å². The SMILES string of the molecule is CC(C)NC(=O)Nc1ccc(CNC(=O)CC2CCCN2)cc1. The number of nitrogens with one attached hydrogen (secondary N) is 4. The van der Waals surface area contributed by atoms with Gasteiger partial charge in [-0.1, -0.05) is 12.1 Å². The minimum Gasteiger partial charge on any atom is -0.352 e. The molecule has 1 aliphatic rings. The van der Waals surface area contributed by atoms with E-state index in [1.165, 1.54) is 0 Å². The van der Waals surface area contributed by atoms with E-state index in [1.54, 1.807) is 0 Å². The molecule has 6 heteroatoms. The molecule has 0 bridgehead atoms. The standard InChI is InChI=1S/C17H26N4O2/c1-12(2)20-17(23)21-14-7-5-13(6-8-14)11-19-16(22)10-15-4-3-9-18-15/h5-8,12,15,18H,3-4,9-11H2,1-2H3,(H,19,22)(H2,20,21,23). The summed E-state index contributed by atoms with van der Waals surface area (Å²) in [6.45, 7) is 5.33. The lowest BCUT2D eigenvalue weighted by Crippen LogP contribution is -2.34. The molecule has 1 aromatic carbocycles. The van der Waals surface area contributed by atoms with Crippen molar-refractivity contribution in [3.63, 3.8) is 0 Å². The third-order valence-electron chi connectivity index (χ3n) is 3.72. The van der Waals surface area contributed by atoms with Gasteiger partial charge in [0.05, 0.1) is 0 Å². The molecule has 1 heterocycles. The Morgan fingerprint density at radius 1 is 1.26 bits per heavy atom. The summed E-state index contributed by atoms with van der Waals surface area (Å²) in [6, 6.07) is 7.67. The average Bonchev–Trinajstić information content (AvgIpc) is 2.98. The highest BCUT2D eigenvalue weighted by molar-refractivity contribution is 5.89. The predicted octanol–water partition coefficient (Wildman–Crippen LogP) is 1.97. The number of benzene rings is 1. The van der Waals surface area contributed by atoms with E-state index in [0.717, 1.165) is 30.6 Å². The van der Waals surface area contributed by atoms with Crippen LogP contribution in [0.4, 0.5) is 10.5 Å². The molecule has 1 saturated heterocycles. The van der Waals surface area contributed by atoms with Crippen molar-refractivity contribution in [2.45, 2.75) is 51.7 Å². The van der Waals surface area contributed by atoms with E-state index in [0.29, 0.717) is 19.0 Å². The van der Waals surface area contributed by atoms with Crippen molar-refractivity contribution >= 4 is 17.6 Å². The molecule has 1 atom stereocenters. The van der Waals surface area contributed by atoms with Crippen LogP contribution in [0.15, 0.2) is 24.3 Å². The Morgan fingerprint density at radius 2 is 2.00 bits per heavy atom. The van der Waals surface area contributed by atoms with Crippen molar-refractivity contribution in [2.24, 2.45) is 0 Å². The van der Waals surface area contributed by atoms with Crippen LogP contribution in [0.5, 0.6) is 0 Å². The molecule has 0 radical (unpaired) electrons. The summed E-state index contributed by atoms with van der Waals surface area (Å²) >= 11 is 0. The predicted molar refractivity (Wildman–Crippen MR) is 91.2 cm³/mol. The molecule has 3 amide bonds. The molecule has 4 N–H and O–H groups in total. The van der Waals surface area contributed by atoms with E-state index < -0.39 is 0 Å². The number of anilines is 1. The van der Waals surface area contributed by atoms with Gasteiger partial charge in [-0.2, -0.15) is 0 Å². The molecule has 0 aromatic heterocycles. The highest BCUT2D eigenvalue weighted by Crippen LogP contribution is 2.11. The van der Waals surface area contributed by atoms with E-state index in [9.17, 15) is 9.59 Å². The second kappa shape index (κ2) is 8.53. The van der Waals surface area contributed by atoms with Crippen molar-refractivity contribution in [3.8, 4) is 0 Å². The number of rotatable bonds is 6.